The van der Waals surface area contributed by atoms with E-state index < -0.39 is 10.0 Å². The third-order valence-electron chi connectivity index (χ3n) is 2.70. The van der Waals surface area contributed by atoms with E-state index in [2.05, 4.69) is 9.71 Å². The first kappa shape index (κ1) is 15.6. The summed E-state index contributed by atoms with van der Waals surface area (Å²) in [4.78, 5) is 3.60. The minimum atomic E-state index is -3.77. The van der Waals surface area contributed by atoms with Crippen molar-refractivity contribution in [2.75, 3.05) is 13.2 Å². The smallest absolute Gasteiger partial charge is 0.243 e. The Kier molecular flexibility index (Phi) is 5.00. The Bertz CT molecular complexity index is 576. The van der Waals surface area contributed by atoms with Gasteiger partial charge in [0.1, 0.15) is 11.0 Å². The Morgan fingerprint density at radius 1 is 1.53 bits per heavy atom. The SMILES string of the molecule is CC(C)(CCO)CNS(=O)(=O)c1cccnc1C#N. The first-order valence-corrected chi connectivity index (χ1v) is 7.26. The average molecular weight is 283 g/mol. The van der Waals surface area contributed by atoms with E-state index in [1.54, 1.807) is 6.07 Å². The summed E-state index contributed by atoms with van der Waals surface area (Å²) in [7, 11) is -3.77. The fraction of sp³-hybridized carbons (Fsp3) is 0.500. The quantitative estimate of drug-likeness (QED) is 0.797. The third kappa shape index (κ3) is 4.28. The summed E-state index contributed by atoms with van der Waals surface area (Å²) < 4.78 is 26.6. The summed E-state index contributed by atoms with van der Waals surface area (Å²) in [6, 6.07) is 4.56. The Morgan fingerprint density at radius 2 is 2.21 bits per heavy atom. The molecule has 0 fully saturated rings. The maximum atomic E-state index is 12.1. The van der Waals surface area contributed by atoms with E-state index in [1.165, 1.54) is 18.3 Å². The molecule has 0 atom stereocenters. The monoisotopic (exact) mass is 283 g/mol. The van der Waals surface area contributed by atoms with Crippen LogP contribution in [0.3, 0.4) is 0 Å². The summed E-state index contributed by atoms with van der Waals surface area (Å²) in [6.07, 6.45) is 1.85. The zero-order chi connectivity index (χ0) is 14.5. The molecule has 104 valence electrons. The Balaban J connectivity index is 2.91. The largest absolute Gasteiger partial charge is 0.396 e. The lowest BCUT2D eigenvalue weighted by molar-refractivity contribution is 0.213. The highest BCUT2D eigenvalue weighted by atomic mass is 32.2. The molecule has 0 unspecified atom stereocenters. The molecule has 6 nitrogen and oxygen atoms in total. The van der Waals surface area contributed by atoms with Crippen molar-refractivity contribution in [1.82, 2.24) is 9.71 Å². The lowest BCUT2D eigenvalue weighted by Crippen LogP contribution is -2.35. The molecule has 0 bridgehead atoms. The van der Waals surface area contributed by atoms with Crippen LogP contribution in [-0.2, 0) is 10.0 Å². The maximum Gasteiger partial charge on any atom is 0.243 e. The fourth-order valence-corrected chi connectivity index (χ4v) is 2.80. The molecule has 1 aromatic heterocycles. The van der Waals surface area contributed by atoms with Gasteiger partial charge in [-0.2, -0.15) is 5.26 Å². The van der Waals surface area contributed by atoms with E-state index >= 15 is 0 Å². The zero-order valence-corrected chi connectivity index (χ0v) is 11.7. The summed E-state index contributed by atoms with van der Waals surface area (Å²) in [5, 5.41) is 17.8. The van der Waals surface area contributed by atoms with Crippen LogP contribution in [0.5, 0.6) is 0 Å². The van der Waals surface area contributed by atoms with E-state index in [9.17, 15) is 8.42 Å². The van der Waals surface area contributed by atoms with Gasteiger partial charge in [0.05, 0.1) is 0 Å². The number of aromatic nitrogens is 1. The van der Waals surface area contributed by atoms with Gasteiger partial charge in [-0.1, -0.05) is 13.8 Å². The average Bonchev–Trinajstić information content (AvgIpc) is 2.37. The molecule has 0 aliphatic heterocycles. The topological polar surface area (TPSA) is 103 Å². The predicted octanol–water partition coefficient (Wildman–Crippen LogP) is 0.640. The van der Waals surface area contributed by atoms with Crippen molar-refractivity contribution in [1.29, 1.82) is 5.26 Å². The summed E-state index contributed by atoms with van der Waals surface area (Å²) in [5.41, 5.74) is -0.494. The van der Waals surface area contributed by atoms with E-state index in [1.807, 2.05) is 13.8 Å². The number of nitrogens with one attached hydrogen (secondary N) is 1. The highest BCUT2D eigenvalue weighted by molar-refractivity contribution is 7.89. The van der Waals surface area contributed by atoms with Crippen LogP contribution in [0, 0.1) is 16.7 Å². The normalized spacial score (nSPS) is 12.1. The van der Waals surface area contributed by atoms with Crippen LogP contribution in [-0.4, -0.2) is 31.7 Å². The van der Waals surface area contributed by atoms with Gasteiger partial charge in [0, 0.05) is 19.3 Å². The van der Waals surface area contributed by atoms with Gasteiger partial charge in [-0.15, -0.1) is 0 Å². The molecule has 1 heterocycles. The minimum absolute atomic E-state index is 0.00886. The van der Waals surface area contributed by atoms with Crippen molar-refractivity contribution in [3.05, 3.63) is 24.0 Å². The standard InChI is InChI=1S/C12H17N3O3S/c1-12(2,5-7-16)9-15-19(17,18)11-4-3-6-14-10(11)8-13/h3-4,6,15-16H,5,7,9H2,1-2H3. The Morgan fingerprint density at radius 3 is 2.79 bits per heavy atom. The van der Waals surface area contributed by atoms with E-state index in [-0.39, 0.29) is 29.2 Å². The number of nitriles is 1. The molecular formula is C12H17N3O3S. The zero-order valence-electron chi connectivity index (χ0n) is 10.9. The second-order valence-corrected chi connectivity index (χ2v) is 6.66. The van der Waals surface area contributed by atoms with E-state index in [0.29, 0.717) is 6.42 Å². The summed E-state index contributed by atoms with van der Waals surface area (Å²) in [5.74, 6) is 0. The van der Waals surface area contributed by atoms with Crippen LogP contribution >= 0.6 is 0 Å². The van der Waals surface area contributed by atoms with Crippen LogP contribution in [0.4, 0.5) is 0 Å². The molecule has 0 aliphatic carbocycles. The van der Waals surface area contributed by atoms with Gasteiger partial charge in [0.25, 0.3) is 0 Å². The number of sulfonamides is 1. The lowest BCUT2D eigenvalue weighted by Gasteiger charge is -2.23. The second-order valence-electron chi connectivity index (χ2n) is 4.92. The molecule has 0 saturated heterocycles. The number of hydrogen-bond acceptors (Lipinski definition) is 5. The molecule has 0 amide bonds. The van der Waals surface area contributed by atoms with Crippen LogP contribution in [0.1, 0.15) is 26.0 Å². The highest BCUT2D eigenvalue weighted by Gasteiger charge is 2.24. The first-order chi connectivity index (χ1) is 8.82. The molecular weight excluding hydrogens is 266 g/mol. The first-order valence-electron chi connectivity index (χ1n) is 5.78. The van der Waals surface area contributed by atoms with Crippen LogP contribution in [0.25, 0.3) is 0 Å². The van der Waals surface area contributed by atoms with Crippen LogP contribution in [0.2, 0.25) is 0 Å². The van der Waals surface area contributed by atoms with Gasteiger partial charge < -0.3 is 5.11 Å². The molecule has 7 heteroatoms. The second kappa shape index (κ2) is 6.10. The lowest BCUT2D eigenvalue weighted by atomic mass is 9.90. The van der Waals surface area contributed by atoms with Gasteiger partial charge in [-0.3, -0.25) is 0 Å². The molecule has 0 aromatic carbocycles. The van der Waals surface area contributed by atoms with Gasteiger partial charge in [-0.05, 0) is 24.0 Å². The number of pyridine rings is 1. The number of nitrogens with zero attached hydrogens (tertiary/aromatic N) is 2. The predicted molar refractivity (Wildman–Crippen MR) is 69.6 cm³/mol. The van der Waals surface area contributed by atoms with E-state index in [0.717, 1.165) is 0 Å². The number of aliphatic hydroxyl groups excluding tert-OH is 1. The van der Waals surface area contributed by atoms with Crippen molar-refractivity contribution in [2.45, 2.75) is 25.2 Å². The molecule has 0 aliphatic rings. The van der Waals surface area contributed by atoms with Crippen molar-refractivity contribution >= 4 is 10.0 Å². The van der Waals surface area contributed by atoms with Crippen molar-refractivity contribution in [3.63, 3.8) is 0 Å². The van der Waals surface area contributed by atoms with Gasteiger partial charge in [-0.25, -0.2) is 18.1 Å². The van der Waals surface area contributed by atoms with Crippen LogP contribution < -0.4 is 4.72 Å². The van der Waals surface area contributed by atoms with E-state index in [4.69, 9.17) is 10.4 Å². The maximum absolute atomic E-state index is 12.1. The molecule has 0 spiro atoms. The number of aliphatic hydroxyl groups is 1. The molecule has 19 heavy (non-hydrogen) atoms. The Labute approximate surface area is 113 Å². The Hall–Kier alpha value is -1.49. The van der Waals surface area contributed by atoms with Gasteiger partial charge >= 0.3 is 0 Å². The van der Waals surface area contributed by atoms with Gasteiger partial charge in [0.15, 0.2) is 5.69 Å². The summed E-state index contributed by atoms with van der Waals surface area (Å²) in [6.45, 7) is 3.86. The molecule has 1 rings (SSSR count). The fourth-order valence-electron chi connectivity index (χ4n) is 1.45. The van der Waals surface area contributed by atoms with Crippen LogP contribution in [0.15, 0.2) is 23.2 Å². The molecule has 1 aromatic rings. The number of rotatable bonds is 6. The highest BCUT2D eigenvalue weighted by Crippen LogP contribution is 2.20. The number of hydrogen-bond donors (Lipinski definition) is 2. The van der Waals surface area contributed by atoms with Crippen molar-refractivity contribution in [2.24, 2.45) is 5.41 Å². The molecule has 0 saturated carbocycles. The summed E-state index contributed by atoms with van der Waals surface area (Å²) >= 11 is 0. The van der Waals surface area contributed by atoms with Crippen molar-refractivity contribution < 1.29 is 13.5 Å². The molecule has 2 N–H and O–H groups in total. The molecule has 0 radical (unpaired) electrons. The third-order valence-corrected chi connectivity index (χ3v) is 4.13. The minimum Gasteiger partial charge on any atom is -0.396 e. The van der Waals surface area contributed by atoms with Gasteiger partial charge in [0.2, 0.25) is 10.0 Å². The van der Waals surface area contributed by atoms with Crippen molar-refractivity contribution in [3.8, 4) is 6.07 Å².